The second-order valence-electron chi connectivity index (χ2n) is 2.68. The van der Waals surface area contributed by atoms with Crippen molar-refractivity contribution in [2.24, 2.45) is 0 Å². The lowest BCUT2D eigenvalue weighted by Crippen LogP contribution is -2.39. The Kier molecular flexibility index (Phi) is 3.19. The highest BCUT2D eigenvalue weighted by Crippen LogP contribution is 2.64. The molecule has 0 bridgehead atoms. The lowest BCUT2D eigenvalue weighted by molar-refractivity contribution is -0.151. The summed E-state index contributed by atoms with van der Waals surface area (Å²) in [5.74, 6) is -7.04. The van der Waals surface area contributed by atoms with E-state index in [1.807, 2.05) is 0 Å². The van der Waals surface area contributed by atoms with Gasteiger partial charge in [0, 0.05) is 6.92 Å². The summed E-state index contributed by atoms with van der Waals surface area (Å²) in [6.07, 6.45) is 0. The van der Waals surface area contributed by atoms with Gasteiger partial charge in [0.05, 0.1) is 0 Å². The summed E-state index contributed by atoms with van der Waals surface area (Å²) in [4.78, 5) is 8.53. The van der Waals surface area contributed by atoms with Gasteiger partial charge in [-0.1, -0.05) is 0 Å². The van der Waals surface area contributed by atoms with Crippen molar-refractivity contribution in [1.82, 2.24) is 0 Å². The van der Waals surface area contributed by atoms with Gasteiger partial charge in [-0.05, 0) is 6.92 Å². The van der Waals surface area contributed by atoms with E-state index in [1.54, 1.807) is 0 Å². The lowest BCUT2D eigenvalue weighted by Gasteiger charge is -2.28. The molecule has 0 saturated heterocycles. The Bertz CT molecular complexity index is 234. The van der Waals surface area contributed by atoms with Gasteiger partial charge in [-0.15, -0.1) is 0 Å². The molecular weight excluding hydrogens is 215 g/mol. The molecule has 8 heteroatoms. The van der Waals surface area contributed by atoms with Crippen LogP contribution in [0.4, 0.5) is 17.6 Å². The fourth-order valence-corrected chi connectivity index (χ4v) is 1.55. The molecule has 2 N–H and O–H groups in total. The second-order valence-corrected chi connectivity index (χ2v) is 5.24. The molecule has 0 heterocycles. The van der Waals surface area contributed by atoms with Gasteiger partial charge in [-0.25, -0.2) is 0 Å². The van der Waals surface area contributed by atoms with Crippen LogP contribution in [-0.2, 0) is 4.57 Å². The third-order valence-electron chi connectivity index (χ3n) is 1.44. The van der Waals surface area contributed by atoms with E-state index >= 15 is 0 Å². The monoisotopic (exact) mass is 224 g/mol. The minimum Gasteiger partial charge on any atom is -0.383 e. The number of rotatable bonds is 3. The van der Waals surface area contributed by atoms with Crippen LogP contribution in [0.25, 0.3) is 0 Å². The zero-order valence-electron chi connectivity index (χ0n) is 6.84. The van der Waals surface area contributed by atoms with Gasteiger partial charge < -0.3 is 10.00 Å². The Morgan fingerprint density at radius 2 is 1.62 bits per heavy atom. The summed E-state index contributed by atoms with van der Waals surface area (Å²) in [7, 11) is -5.62. The SMILES string of the molecule is CC(O)P(=O)(O)C(F)(F)C(C)(F)F. The lowest BCUT2D eigenvalue weighted by atomic mass is 10.4. The zero-order chi connectivity index (χ0) is 11.1. The van der Waals surface area contributed by atoms with Crippen molar-refractivity contribution in [3.05, 3.63) is 0 Å². The van der Waals surface area contributed by atoms with Crippen LogP contribution in [0.5, 0.6) is 0 Å². The molecular formula is C5H9F4O3P. The minimum atomic E-state index is -5.62. The van der Waals surface area contributed by atoms with E-state index in [2.05, 4.69) is 0 Å². The van der Waals surface area contributed by atoms with Crippen molar-refractivity contribution < 1.29 is 32.1 Å². The molecule has 0 aliphatic carbocycles. The molecule has 0 aromatic rings. The fraction of sp³-hybridized carbons (Fsp3) is 1.00. The van der Waals surface area contributed by atoms with Crippen LogP contribution < -0.4 is 0 Å². The van der Waals surface area contributed by atoms with E-state index in [1.165, 1.54) is 0 Å². The van der Waals surface area contributed by atoms with Crippen LogP contribution in [0.2, 0.25) is 0 Å². The van der Waals surface area contributed by atoms with Gasteiger partial charge >= 0.3 is 19.0 Å². The molecule has 0 spiro atoms. The highest BCUT2D eigenvalue weighted by atomic mass is 31.2. The highest BCUT2D eigenvalue weighted by molar-refractivity contribution is 7.59. The number of aliphatic hydroxyl groups excluding tert-OH is 1. The molecule has 0 amide bonds. The molecule has 0 aliphatic rings. The van der Waals surface area contributed by atoms with Crippen LogP contribution in [-0.4, -0.2) is 27.4 Å². The first kappa shape index (κ1) is 12.9. The van der Waals surface area contributed by atoms with E-state index in [4.69, 9.17) is 10.00 Å². The Balaban J connectivity index is 5.17. The van der Waals surface area contributed by atoms with E-state index in [0.29, 0.717) is 6.92 Å². The largest absolute Gasteiger partial charge is 0.385 e. The Hall–Kier alpha value is -0.130. The number of hydrogen-bond acceptors (Lipinski definition) is 2. The average molecular weight is 224 g/mol. The summed E-state index contributed by atoms with van der Waals surface area (Å²) in [5, 5.41) is 8.45. The van der Waals surface area contributed by atoms with Gasteiger partial charge in [-0.3, -0.25) is 4.57 Å². The zero-order valence-corrected chi connectivity index (χ0v) is 7.73. The molecule has 2 unspecified atom stereocenters. The predicted octanol–water partition coefficient (Wildman–Crippen LogP) is 1.84. The van der Waals surface area contributed by atoms with E-state index in [-0.39, 0.29) is 6.92 Å². The summed E-state index contributed by atoms with van der Waals surface area (Å²) >= 11 is 0. The standard InChI is InChI=1S/C5H9F4O3P/c1-3(10)13(11,12)5(8,9)4(2,6)7/h3,10H,1-2H3,(H,11,12). The third-order valence-corrected chi connectivity index (χ3v) is 3.65. The summed E-state index contributed by atoms with van der Waals surface area (Å²) < 4.78 is 60.1. The Morgan fingerprint density at radius 3 is 1.69 bits per heavy atom. The van der Waals surface area contributed by atoms with E-state index < -0.39 is 24.8 Å². The molecule has 0 aromatic heterocycles. The van der Waals surface area contributed by atoms with Gasteiger partial charge in [0.25, 0.3) is 0 Å². The first-order valence-electron chi connectivity index (χ1n) is 3.21. The first-order chi connectivity index (χ1) is 5.44. The van der Waals surface area contributed by atoms with Crippen molar-refractivity contribution in [2.75, 3.05) is 0 Å². The fourth-order valence-electron chi connectivity index (χ4n) is 0.516. The van der Waals surface area contributed by atoms with Crippen LogP contribution in [0.15, 0.2) is 0 Å². The molecule has 3 nitrogen and oxygen atoms in total. The maximum Gasteiger partial charge on any atom is 0.385 e. The maximum absolute atomic E-state index is 12.5. The summed E-state index contributed by atoms with van der Waals surface area (Å²) in [5.41, 5.74) is -5.12. The molecule has 0 aromatic carbocycles. The Morgan fingerprint density at radius 1 is 1.31 bits per heavy atom. The first-order valence-corrected chi connectivity index (χ1v) is 4.93. The average Bonchev–Trinajstić information content (AvgIpc) is 1.84. The second kappa shape index (κ2) is 3.22. The minimum absolute atomic E-state index is 0.182. The van der Waals surface area contributed by atoms with Crippen molar-refractivity contribution in [3.8, 4) is 0 Å². The van der Waals surface area contributed by atoms with Gasteiger partial charge in [0.15, 0.2) is 0 Å². The Labute approximate surface area is 71.8 Å². The molecule has 0 aliphatic heterocycles. The molecule has 0 fully saturated rings. The summed E-state index contributed by atoms with van der Waals surface area (Å²) in [6, 6.07) is 0. The number of alkyl halides is 4. The molecule has 0 saturated carbocycles. The molecule has 13 heavy (non-hydrogen) atoms. The predicted molar refractivity (Wildman–Crippen MR) is 37.1 cm³/mol. The van der Waals surface area contributed by atoms with Crippen LogP contribution in [0, 0.1) is 0 Å². The van der Waals surface area contributed by atoms with Crippen LogP contribution >= 0.6 is 7.37 Å². The molecule has 2 atom stereocenters. The normalized spacial score (nSPS) is 20.9. The van der Waals surface area contributed by atoms with Crippen LogP contribution in [0.3, 0.4) is 0 Å². The summed E-state index contributed by atoms with van der Waals surface area (Å²) in [6.45, 7) is 0.374. The van der Waals surface area contributed by atoms with Crippen molar-refractivity contribution in [2.45, 2.75) is 31.3 Å². The topological polar surface area (TPSA) is 57.5 Å². The van der Waals surface area contributed by atoms with Gasteiger partial charge in [-0.2, -0.15) is 17.6 Å². The number of halogens is 4. The third kappa shape index (κ3) is 2.03. The number of aliphatic hydroxyl groups is 1. The quantitative estimate of drug-likeness (QED) is 0.568. The van der Waals surface area contributed by atoms with Crippen molar-refractivity contribution >= 4 is 7.37 Å². The van der Waals surface area contributed by atoms with Crippen LogP contribution in [0.1, 0.15) is 13.8 Å². The molecule has 0 rings (SSSR count). The van der Waals surface area contributed by atoms with Gasteiger partial charge in [0.1, 0.15) is 5.85 Å². The highest BCUT2D eigenvalue weighted by Gasteiger charge is 2.66. The van der Waals surface area contributed by atoms with Gasteiger partial charge in [0.2, 0.25) is 0 Å². The number of hydrogen-bond donors (Lipinski definition) is 2. The van der Waals surface area contributed by atoms with E-state index in [0.717, 1.165) is 0 Å². The molecule has 0 radical (unpaired) electrons. The van der Waals surface area contributed by atoms with Crippen molar-refractivity contribution in [1.29, 1.82) is 0 Å². The smallest absolute Gasteiger partial charge is 0.383 e. The molecule has 80 valence electrons. The maximum atomic E-state index is 12.5. The van der Waals surface area contributed by atoms with Crippen molar-refractivity contribution in [3.63, 3.8) is 0 Å². The van der Waals surface area contributed by atoms with E-state index in [9.17, 15) is 22.1 Å².